The van der Waals surface area contributed by atoms with Crippen LogP contribution in [0.4, 0.5) is 0 Å². The van der Waals surface area contributed by atoms with Crippen LogP contribution in [0.1, 0.15) is 64.2 Å². The first kappa shape index (κ1) is 13.2. The molecule has 0 amide bonds. The molecule has 1 aliphatic carbocycles. The lowest BCUT2D eigenvalue weighted by Gasteiger charge is -2.00. The summed E-state index contributed by atoms with van der Waals surface area (Å²) in [5.41, 5.74) is 0. The lowest BCUT2D eigenvalue weighted by molar-refractivity contribution is -0.110. The van der Waals surface area contributed by atoms with Gasteiger partial charge >= 0.3 is 0 Å². The minimum Gasteiger partial charge on any atom is -0.290 e. The fourth-order valence-electron chi connectivity index (χ4n) is 2.04. The van der Waals surface area contributed by atoms with E-state index in [-0.39, 0.29) is 5.78 Å². The number of allylic oxidation sites excluding steroid dienone is 4. The van der Waals surface area contributed by atoms with E-state index in [9.17, 15) is 4.79 Å². The lowest BCUT2D eigenvalue weighted by atomic mass is 10.1. The molecule has 0 aromatic rings. The molecule has 1 heteroatoms. The van der Waals surface area contributed by atoms with Crippen molar-refractivity contribution in [3.8, 4) is 0 Å². The normalized spacial score (nSPS) is 25.4. The van der Waals surface area contributed by atoms with E-state index in [4.69, 9.17) is 0 Å². The average molecular weight is 220 g/mol. The maximum Gasteiger partial charge on any atom is 0.177 e. The van der Waals surface area contributed by atoms with Crippen molar-refractivity contribution in [3.63, 3.8) is 0 Å². The molecule has 0 saturated heterocycles. The van der Waals surface area contributed by atoms with Gasteiger partial charge in [0, 0.05) is 0 Å². The zero-order valence-corrected chi connectivity index (χ0v) is 10.3. The number of ketones is 1. The molecule has 0 aromatic heterocycles. The molecule has 0 radical (unpaired) electrons. The SMILES string of the molecule is O=C1/C=C/CCCCCCCCCC/C=C/1. The van der Waals surface area contributed by atoms with Crippen molar-refractivity contribution in [1.29, 1.82) is 0 Å². The van der Waals surface area contributed by atoms with Crippen molar-refractivity contribution in [3.05, 3.63) is 24.3 Å². The van der Waals surface area contributed by atoms with Crippen LogP contribution in [0.2, 0.25) is 0 Å². The van der Waals surface area contributed by atoms with Crippen molar-refractivity contribution in [1.82, 2.24) is 0 Å². The van der Waals surface area contributed by atoms with Crippen LogP contribution in [0, 0.1) is 0 Å². The van der Waals surface area contributed by atoms with Gasteiger partial charge in [0.15, 0.2) is 5.78 Å². The maximum absolute atomic E-state index is 11.3. The summed E-state index contributed by atoms with van der Waals surface area (Å²) in [4.78, 5) is 11.3. The van der Waals surface area contributed by atoms with Crippen LogP contribution in [0.5, 0.6) is 0 Å². The first-order valence-electron chi connectivity index (χ1n) is 6.76. The Kier molecular flexibility index (Phi) is 7.75. The molecule has 0 aliphatic heterocycles. The first-order chi connectivity index (χ1) is 7.89. The van der Waals surface area contributed by atoms with Crippen molar-refractivity contribution in [2.45, 2.75) is 64.2 Å². The summed E-state index contributed by atoms with van der Waals surface area (Å²) in [7, 11) is 0. The second-order valence-corrected chi connectivity index (χ2v) is 4.61. The van der Waals surface area contributed by atoms with E-state index in [2.05, 4.69) is 0 Å². The Labute approximate surface area is 99.6 Å². The Morgan fingerprint density at radius 1 is 0.625 bits per heavy atom. The topological polar surface area (TPSA) is 17.1 Å². The summed E-state index contributed by atoms with van der Waals surface area (Å²) in [6, 6.07) is 0. The number of carbonyl (C=O) groups is 1. The van der Waals surface area contributed by atoms with Gasteiger partial charge in [-0.25, -0.2) is 0 Å². The minimum absolute atomic E-state index is 0.148. The van der Waals surface area contributed by atoms with Crippen molar-refractivity contribution >= 4 is 5.78 Å². The largest absolute Gasteiger partial charge is 0.290 e. The number of hydrogen-bond donors (Lipinski definition) is 0. The molecule has 1 rings (SSSR count). The molecular formula is C15H24O. The Morgan fingerprint density at radius 2 is 1.00 bits per heavy atom. The molecular weight excluding hydrogens is 196 g/mol. The van der Waals surface area contributed by atoms with Gasteiger partial charge in [-0.1, -0.05) is 50.7 Å². The van der Waals surface area contributed by atoms with Gasteiger partial charge in [0.2, 0.25) is 0 Å². The smallest absolute Gasteiger partial charge is 0.177 e. The van der Waals surface area contributed by atoms with Crippen molar-refractivity contribution < 1.29 is 4.79 Å². The summed E-state index contributed by atoms with van der Waals surface area (Å²) in [5.74, 6) is 0.148. The van der Waals surface area contributed by atoms with E-state index < -0.39 is 0 Å². The van der Waals surface area contributed by atoms with Gasteiger partial charge in [0.05, 0.1) is 0 Å². The monoisotopic (exact) mass is 220 g/mol. The first-order valence-corrected chi connectivity index (χ1v) is 6.76. The van der Waals surface area contributed by atoms with Crippen molar-refractivity contribution in [2.75, 3.05) is 0 Å². The van der Waals surface area contributed by atoms with Crippen LogP contribution < -0.4 is 0 Å². The van der Waals surface area contributed by atoms with E-state index in [0.717, 1.165) is 12.8 Å². The fourth-order valence-corrected chi connectivity index (χ4v) is 2.04. The summed E-state index contributed by atoms with van der Waals surface area (Å²) < 4.78 is 0. The Bertz CT molecular complexity index is 214. The number of hydrogen-bond acceptors (Lipinski definition) is 1. The molecule has 0 fully saturated rings. The third-order valence-electron chi connectivity index (χ3n) is 3.06. The summed E-state index contributed by atoms with van der Waals surface area (Å²) in [6.45, 7) is 0. The molecule has 1 nitrogen and oxygen atoms in total. The summed E-state index contributed by atoms with van der Waals surface area (Å²) in [6.07, 6.45) is 20.2. The van der Waals surface area contributed by atoms with Crippen LogP contribution >= 0.6 is 0 Å². The van der Waals surface area contributed by atoms with Gasteiger partial charge in [-0.15, -0.1) is 0 Å². The second kappa shape index (κ2) is 9.38. The van der Waals surface area contributed by atoms with Crippen LogP contribution in [0.25, 0.3) is 0 Å². The van der Waals surface area contributed by atoms with Crippen LogP contribution in [0.3, 0.4) is 0 Å². The van der Waals surface area contributed by atoms with Gasteiger partial charge < -0.3 is 0 Å². The molecule has 0 spiro atoms. The minimum atomic E-state index is 0.148. The number of rotatable bonds is 0. The zero-order chi connectivity index (χ0) is 11.5. The molecule has 0 N–H and O–H groups in total. The van der Waals surface area contributed by atoms with Crippen LogP contribution in [-0.4, -0.2) is 5.78 Å². The summed E-state index contributed by atoms with van der Waals surface area (Å²) >= 11 is 0. The molecule has 16 heavy (non-hydrogen) atoms. The molecule has 0 unspecified atom stereocenters. The molecule has 90 valence electrons. The Morgan fingerprint density at radius 3 is 1.44 bits per heavy atom. The fraction of sp³-hybridized carbons (Fsp3) is 0.667. The van der Waals surface area contributed by atoms with E-state index in [1.54, 1.807) is 12.2 Å². The summed E-state index contributed by atoms with van der Waals surface area (Å²) in [5, 5.41) is 0. The molecule has 0 atom stereocenters. The highest BCUT2D eigenvalue weighted by atomic mass is 16.1. The van der Waals surface area contributed by atoms with E-state index in [1.165, 1.54) is 51.4 Å². The molecule has 1 aliphatic rings. The van der Waals surface area contributed by atoms with Crippen molar-refractivity contribution in [2.24, 2.45) is 0 Å². The van der Waals surface area contributed by atoms with Gasteiger partial charge in [0.25, 0.3) is 0 Å². The molecule has 0 saturated carbocycles. The van der Waals surface area contributed by atoms with E-state index in [1.807, 2.05) is 12.2 Å². The van der Waals surface area contributed by atoms with E-state index in [0.29, 0.717) is 0 Å². The predicted octanol–water partition coefficient (Wildman–Crippen LogP) is 4.58. The third kappa shape index (κ3) is 7.44. The van der Waals surface area contributed by atoms with Gasteiger partial charge in [0.1, 0.15) is 0 Å². The maximum atomic E-state index is 11.3. The van der Waals surface area contributed by atoms with E-state index >= 15 is 0 Å². The second-order valence-electron chi connectivity index (χ2n) is 4.61. The lowest BCUT2D eigenvalue weighted by Crippen LogP contribution is -1.84. The standard InChI is InChI=1S/C15H24O/c16-15-13-11-9-7-5-3-1-2-4-6-8-10-12-14-15/h11-14H,1-10H2/b13-11+,14-12+. The Hall–Kier alpha value is -0.850. The molecule has 0 aromatic carbocycles. The highest BCUT2D eigenvalue weighted by Gasteiger charge is 1.93. The molecule has 0 heterocycles. The Balaban J connectivity index is 2.30. The number of carbonyl (C=O) groups excluding carboxylic acids is 1. The van der Waals surface area contributed by atoms with Gasteiger partial charge in [-0.05, 0) is 37.8 Å². The quantitative estimate of drug-likeness (QED) is 0.584. The van der Waals surface area contributed by atoms with Crippen LogP contribution in [-0.2, 0) is 4.79 Å². The van der Waals surface area contributed by atoms with Gasteiger partial charge in [-0.3, -0.25) is 4.79 Å². The average Bonchev–Trinajstić information content (AvgIpc) is 2.29. The zero-order valence-electron chi connectivity index (χ0n) is 10.3. The van der Waals surface area contributed by atoms with Crippen LogP contribution in [0.15, 0.2) is 24.3 Å². The highest BCUT2D eigenvalue weighted by molar-refractivity contribution is 5.99. The predicted molar refractivity (Wildman–Crippen MR) is 69.5 cm³/mol. The third-order valence-corrected chi connectivity index (χ3v) is 3.06. The molecule has 0 bridgehead atoms. The highest BCUT2D eigenvalue weighted by Crippen LogP contribution is 2.11. The van der Waals surface area contributed by atoms with Gasteiger partial charge in [-0.2, -0.15) is 0 Å².